The van der Waals surface area contributed by atoms with Crippen molar-refractivity contribution in [3.05, 3.63) is 29.3 Å². The largest absolute Gasteiger partial charge is 0.496 e. The first-order valence-electron chi connectivity index (χ1n) is 6.00. The summed E-state index contributed by atoms with van der Waals surface area (Å²) in [6.45, 7) is 7.53. The van der Waals surface area contributed by atoms with Gasteiger partial charge in [-0.2, -0.15) is 0 Å². The number of methoxy groups -OCH3 is 1. The monoisotopic (exact) mass is 221 g/mol. The predicted octanol–water partition coefficient (Wildman–Crippen LogP) is 2.93. The molecule has 0 atom stereocenters. The molecule has 0 heterocycles. The molecule has 1 rings (SSSR count). The Morgan fingerprint density at radius 3 is 2.62 bits per heavy atom. The van der Waals surface area contributed by atoms with Crippen LogP contribution < -0.4 is 10.1 Å². The zero-order chi connectivity index (χ0) is 12.0. The second-order valence-corrected chi connectivity index (χ2v) is 4.52. The van der Waals surface area contributed by atoms with E-state index >= 15 is 0 Å². The molecule has 2 heteroatoms. The summed E-state index contributed by atoms with van der Waals surface area (Å²) >= 11 is 0. The van der Waals surface area contributed by atoms with E-state index < -0.39 is 0 Å². The number of hydrogen-bond acceptors (Lipinski definition) is 2. The van der Waals surface area contributed by atoms with Crippen molar-refractivity contribution in [2.45, 2.75) is 39.7 Å². The van der Waals surface area contributed by atoms with Gasteiger partial charge in [-0.15, -0.1) is 0 Å². The molecule has 0 spiro atoms. The third kappa shape index (κ3) is 4.23. The van der Waals surface area contributed by atoms with Crippen LogP contribution in [0.1, 0.15) is 31.4 Å². The van der Waals surface area contributed by atoms with Crippen molar-refractivity contribution in [3.63, 3.8) is 0 Å². The van der Waals surface area contributed by atoms with Crippen molar-refractivity contribution in [1.82, 2.24) is 5.32 Å². The van der Waals surface area contributed by atoms with E-state index in [1.165, 1.54) is 17.5 Å². The van der Waals surface area contributed by atoms with Crippen LogP contribution in [0.5, 0.6) is 5.75 Å². The molecule has 16 heavy (non-hydrogen) atoms. The first-order valence-corrected chi connectivity index (χ1v) is 6.00. The summed E-state index contributed by atoms with van der Waals surface area (Å²) in [5.74, 6) is 0.976. The van der Waals surface area contributed by atoms with E-state index in [9.17, 15) is 0 Å². The Balaban J connectivity index is 2.40. The van der Waals surface area contributed by atoms with Crippen LogP contribution in [0.4, 0.5) is 0 Å². The van der Waals surface area contributed by atoms with Crippen LogP contribution in [-0.4, -0.2) is 19.7 Å². The maximum Gasteiger partial charge on any atom is 0.121 e. The Labute approximate surface area is 99.0 Å². The molecule has 0 saturated heterocycles. The molecule has 2 nitrogen and oxygen atoms in total. The molecule has 1 aromatic carbocycles. The van der Waals surface area contributed by atoms with Crippen LogP contribution in [0.25, 0.3) is 0 Å². The molecule has 0 fully saturated rings. The van der Waals surface area contributed by atoms with Gasteiger partial charge in [0.05, 0.1) is 7.11 Å². The third-order valence-corrected chi connectivity index (χ3v) is 2.65. The highest BCUT2D eigenvalue weighted by molar-refractivity contribution is 5.36. The lowest BCUT2D eigenvalue weighted by atomic mass is 10.1. The molecule has 0 radical (unpaired) electrons. The fourth-order valence-electron chi connectivity index (χ4n) is 1.78. The fourth-order valence-corrected chi connectivity index (χ4v) is 1.78. The Kier molecular flexibility index (Phi) is 5.33. The van der Waals surface area contributed by atoms with Gasteiger partial charge in [0.2, 0.25) is 0 Å². The molecule has 0 aliphatic rings. The summed E-state index contributed by atoms with van der Waals surface area (Å²) in [4.78, 5) is 0. The summed E-state index contributed by atoms with van der Waals surface area (Å²) in [6.07, 6.45) is 2.31. The second kappa shape index (κ2) is 6.54. The zero-order valence-electron chi connectivity index (χ0n) is 10.8. The van der Waals surface area contributed by atoms with Crippen LogP contribution in [-0.2, 0) is 6.42 Å². The molecular formula is C14H23NO. The van der Waals surface area contributed by atoms with E-state index in [1.807, 2.05) is 0 Å². The fraction of sp³-hybridized carbons (Fsp3) is 0.571. The predicted molar refractivity (Wildman–Crippen MR) is 69.2 cm³/mol. The minimum Gasteiger partial charge on any atom is -0.496 e. The zero-order valence-corrected chi connectivity index (χ0v) is 10.8. The van der Waals surface area contributed by atoms with Crippen LogP contribution >= 0.6 is 0 Å². The van der Waals surface area contributed by atoms with Gasteiger partial charge in [-0.25, -0.2) is 0 Å². The minimum absolute atomic E-state index is 0.581. The molecule has 0 aromatic heterocycles. The topological polar surface area (TPSA) is 21.3 Å². The summed E-state index contributed by atoms with van der Waals surface area (Å²) < 4.78 is 5.24. The van der Waals surface area contributed by atoms with Gasteiger partial charge in [-0.3, -0.25) is 0 Å². The van der Waals surface area contributed by atoms with E-state index in [2.05, 4.69) is 44.3 Å². The lowest BCUT2D eigenvalue weighted by Gasteiger charge is -2.09. The molecule has 0 unspecified atom stereocenters. The van der Waals surface area contributed by atoms with Crippen molar-refractivity contribution >= 4 is 0 Å². The Hall–Kier alpha value is -1.02. The molecule has 1 aromatic rings. The minimum atomic E-state index is 0.581. The number of nitrogens with one attached hydrogen (secondary N) is 1. The van der Waals surface area contributed by atoms with Gasteiger partial charge < -0.3 is 10.1 Å². The average molecular weight is 221 g/mol. The van der Waals surface area contributed by atoms with Gasteiger partial charge in [0, 0.05) is 6.04 Å². The second-order valence-electron chi connectivity index (χ2n) is 4.52. The molecule has 0 aliphatic heterocycles. The van der Waals surface area contributed by atoms with E-state index in [1.54, 1.807) is 7.11 Å². The van der Waals surface area contributed by atoms with Crippen molar-refractivity contribution in [2.24, 2.45) is 0 Å². The highest BCUT2D eigenvalue weighted by atomic mass is 16.5. The van der Waals surface area contributed by atoms with Crippen molar-refractivity contribution < 1.29 is 4.74 Å². The summed E-state index contributed by atoms with van der Waals surface area (Å²) in [5.41, 5.74) is 2.61. The summed E-state index contributed by atoms with van der Waals surface area (Å²) in [5, 5.41) is 3.43. The quantitative estimate of drug-likeness (QED) is 0.746. The van der Waals surface area contributed by atoms with Gasteiger partial charge >= 0.3 is 0 Å². The van der Waals surface area contributed by atoms with E-state index in [0.29, 0.717) is 6.04 Å². The number of benzene rings is 1. The van der Waals surface area contributed by atoms with Crippen LogP contribution in [0.2, 0.25) is 0 Å². The molecule has 0 aliphatic carbocycles. The highest BCUT2D eigenvalue weighted by Gasteiger charge is 2.00. The number of hydrogen-bond donors (Lipinski definition) is 1. The number of ether oxygens (including phenoxy) is 1. The first-order chi connectivity index (χ1) is 7.63. The maximum atomic E-state index is 5.24. The van der Waals surface area contributed by atoms with E-state index in [4.69, 9.17) is 4.74 Å². The smallest absolute Gasteiger partial charge is 0.121 e. The Bertz CT molecular complexity index is 321. The standard InChI is InChI=1S/C14H23NO/c1-11(2)15-9-5-6-13-7-8-14(16-4)12(3)10-13/h7-8,10-11,15H,5-6,9H2,1-4H3. The molecular weight excluding hydrogens is 198 g/mol. The first kappa shape index (κ1) is 13.0. The molecule has 0 saturated carbocycles. The van der Waals surface area contributed by atoms with Gasteiger partial charge in [0.15, 0.2) is 0 Å². The molecule has 1 N–H and O–H groups in total. The van der Waals surface area contributed by atoms with Crippen LogP contribution in [0.15, 0.2) is 18.2 Å². The molecule has 90 valence electrons. The molecule has 0 amide bonds. The molecule has 0 bridgehead atoms. The maximum absolute atomic E-state index is 5.24. The van der Waals surface area contributed by atoms with E-state index in [-0.39, 0.29) is 0 Å². The van der Waals surface area contributed by atoms with E-state index in [0.717, 1.165) is 18.7 Å². The van der Waals surface area contributed by atoms with Gasteiger partial charge in [0.1, 0.15) is 5.75 Å². The third-order valence-electron chi connectivity index (χ3n) is 2.65. The Morgan fingerprint density at radius 2 is 2.06 bits per heavy atom. The Morgan fingerprint density at radius 1 is 1.31 bits per heavy atom. The van der Waals surface area contributed by atoms with Gasteiger partial charge in [-0.1, -0.05) is 26.0 Å². The highest BCUT2D eigenvalue weighted by Crippen LogP contribution is 2.19. The SMILES string of the molecule is COc1ccc(CCCNC(C)C)cc1C. The van der Waals surface area contributed by atoms with Crippen molar-refractivity contribution in [1.29, 1.82) is 0 Å². The van der Waals surface area contributed by atoms with Gasteiger partial charge in [-0.05, 0) is 43.5 Å². The average Bonchev–Trinajstić information content (AvgIpc) is 2.24. The van der Waals surface area contributed by atoms with Gasteiger partial charge in [0.25, 0.3) is 0 Å². The lowest BCUT2D eigenvalue weighted by Crippen LogP contribution is -2.23. The van der Waals surface area contributed by atoms with Crippen molar-refractivity contribution in [3.8, 4) is 5.75 Å². The van der Waals surface area contributed by atoms with Crippen LogP contribution in [0.3, 0.4) is 0 Å². The van der Waals surface area contributed by atoms with Crippen molar-refractivity contribution in [2.75, 3.05) is 13.7 Å². The lowest BCUT2D eigenvalue weighted by molar-refractivity contribution is 0.411. The van der Waals surface area contributed by atoms with Crippen LogP contribution in [0, 0.1) is 6.92 Å². The number of aryl methyl sites for hydroxylation is 2. The number of rotatable bonds is 6. The normalized spacial score (nSPS) is 10.8. The summed E-state index contributed by atoms with van der Waals surface area (Å²) in [7, 11) is 1.72. The summed E-state index contributed by atoms with van der Waals surface area (Å²) in [6, 6.07) is 7.01.